The lowest BCUT2D eigenvalue weighted by Crippen LogP contribution is -2.60. The molecule has 4 aliphatic carbocycles. The Morgan fingerprint density at radius 3 is 2.16 bits per heavy atom. The smallest absolute Gasteiger partial charge is 0.303 e. The number of carbonyl (C=O) groups is 5. The quantitative estimate of drug-likeness (QED) is 0.217. The van der Waals surface area contributed by atoms with E-state index in [1.807, 2.05) is 0 Å². The van der Waals surface area contributed by atoms with Crippen LogP contribution in [0.1, 0.15) is 114 Å². The van der Waals surface area contributed by atoms with Crippen LogP contribution in [-0.2, 0) is 29.4 Å². The van der Waals surface area contributed by atoms with Gasteiger partial charge in [-0.05, 0) is 87.5 Å². The molecule has 2 saturated heterocycles. The number of nitrogens with one attached hydrogen (secondary N) is 4. The van der Waals surface area contributed by atoms with Crippen molar-refractivity contribution >= 4 is 39.7 Å². The van der Waals surface area contributed by atoms with Crippen molar-refractivity contribution in [1.29, 1.82) is 0 Å². The van der Waals surface area contributed by atoms with Crippen molar-refractivity contribution in [2.75, 3.05) is 19.6 Å². The first-order chi connectivity index (χ1) is 26.9. The van der Waals surface area contributed by atoms with Crippen molar-refractivity contribution < 1.29 is 32.4 Å². The van der Waals surface area contributed by atoms with Crippen LogP contribution >= 0.6 is 0 Å². The van der Waals surface area contributed by atoms with E-state index in [1.165, 1.54) is 27.7 Å². The average Bonchev–Trinajstić information content (AvgIpc) is 3.62. The van der Waals surface area contributed by atoms with Gasteiger partial charge in [-0.3, -0.25) is 29.0 Å². The standard InChI is InChI=1S/C41H58N8O7S/c1-7-28-20-41(28,37(54)47-57(55,56)48-18-11-12-19-48)46-34(51)30-21-40(38(5,6)39(40)16-13-17-39)24-49(30)36(53)31(25(2)3)44-35(52)32(27-14-9-8-10-15-27)45-33(50)29-23-42-26(4)22-43-29/h7,22-23,27-28,30-32H,1-2,8-21,24H2,3-6H3,(H,44,52)(H,45,50)(H,46,51)(H,47,54)/t28-,30+,31+,32+,40-,41-/m1/s1. The predicted octanol–water partition coefficient (Wildman–Crippen LogP) is 2.84. The summed E-state index contributed by atoms with van der Waals surface area (Å²) in [4.78, 5) is 80.9. The SMILES string of the molecule is C=C[C@@H]1C[C@]1(NC(=O)[C@@H]1C[C@@]2(CN1C(=O)[C@@H](NC(=O)[C@@H](NC(=O)c1cnc(C)cn1)C1CCCCC1)C(=C)C)C(C)(C)C21CCC1)C(=O)NS(=O)(=O)N1CCCC1. The van der Waals surface area contributed by atoms with Gasteiger partial charge in [-0.25, -0.2) is 9.71 Å². The van der Waals surface area contributed by atoms with Crippen molar-refractivity contribution in [2.24, 2.45) is 28.1 Å². The van der Waals surface area contributed by atoms with Crippen LogP contribution in [-0.4, -0.2) is 100 Å². The highest BCUT2D eigenvalue weighted by molar-refractivity contribution is 7.87. The summed E-state index contributed by atoms with van der Waals surface area (Å²) in [6.07, 6.45) is 13.6. The van der Waals surface area contributed by atoms with Gasteiger partial charge in [0, 0.05) is 37.2 Å². The molecule has 0 unspecified atom stereocenters. The van der Waals surface area contributed by atoms with Crippen LogP contribution in [0.5, 0.6) is 0 Å². The molecule has 5 amide bonds. The van der Waals surface area contributed by atoms with Crippen molar-refractivity contribution in [2.45, 2.75) is 128 Å². The van der Waals surface area contributed by atoms with Gasteiger partial charge in [-0.15, -0.1) is 6.58 Å². The molecule has 310 valence electrons. The van der Waals surface area contributed by atoms with E-state index in [2.05, 4.69) is 57.6 Å². The number of nitrogens with zero attached hydrogens (tertiary/aromatic N) is 4. The minimum atomic E-state index is -4.12. The van der Waals surface area contributed by atoms with E-state index < -0.39 is 69.3 Å². The lowest BCUT2D eigenvalue weighted by atomic mass is 9.73. The van der Waals surface area contributed by atoms with Crippen molar-refractivity contribution in [3.05, 3.63) is 48.6 Å². The van der Waals surface area contributed by atoms with Crippen molar-refractivity contribution in [3.8, 4) is 0 Å². The minimum absolute atomic E-state index is 0.0488. The Kier molecular flexibility index (Phi) is 10.7. The van der Waals surface area contributed by atoms with E-state index in [0.717, 1.165) is 51.4 Å². The fraction of sp³-hybridized carbons (Fsp3) is 0.683. The Labute approximate surface area is 335 Å². The maximum absolute atomic E-state index is 14.9. The zero-order valence-corrected chi connectivity index (χ0v) is 34.5. The lowest BCUT2D eigenvalue weighted by Gasteiger charge is -2.33. The molecule has 0 bridgehead atoms. The Bertz CT molecular complexity index is 1950. The fourth-order valence-electron chi connectivity index (χ4n) is 11.0. The van der Waals surface area contributed by atoms with Crippen LogP contribution < -0.4 is 20.7 Å². The van der Waals surface area contributed by atoms with E-state index in [-0.39, 0.29) is 40.8 Å². The van der Waals surface area contributed by atoms with Crippen LogP contribution in [0.2, 0.25) is 0 Å². The zero-order valence-electron chi connectivity index (χ0n) is 33.7. The summed E-state index contributed by atoms with van der Waals surface area (Å²) in [6.45, 7) is 16.6. The number of aryl methyl sites for hydroxylation is 1. The number of carbonyl (C=O) groups excluding carboxylic acids is 5. The molecule has 15 nitrogen and oxygen atoms in total. The van der Waals surface area contributed by atoms with E-state index in [4.69, 9.17) is 0 Å². The highest BCUT2D eigenvalue weighted by atomic mass is 32.2. The topological polar surface area (TPSA) is 200 Å². The molecule has 7 rings (SSSR count). The molecular formula is C41H58N8O7S. The number of hydrogen-bond donors (Lipinski definition) is 4. The molecule has 2 aliphatic heterocycles. The van der Waals surface area contributed by atoms with Crippen LogP contribution in [0.4, 0.5) is 0 Å². The van der Waals surface area contributed by atoms with Crippen molar-refractivity contribution in [1.82, 2.24) is 39.8 Å². The predicted molar refractivity (Wildman–Crippen MR) is 211 cm³/mol. The van der Waals surface area contributed by atoms with Gasteiger partial charge in [0.05, 0.1) is 11.9 Å². The Morgan fingerprint density at radius 2 is 1.61 bits per heavy atom. The summed E-state index contributed by atoms with van der Waals surface area (Å²) >= 11 is 0. The largest absolute Gasteiger partial charge is 0.339 e. The van der Waals surface area contributed by atoms with E-state index >= 15 is 0 Å². The van der Waals surface area contributed by atoms with Crippen LogP contribution in [0.15, 0.2) is 37.2 Å². The Balaban J connectivity index is 1.14. The molecule has 6 atom stereocenters. The molecule has 16 heteroatoms. The van der Waals surface area contributed by atoms with Crippen LogP contribution in [0, 0.1) is 35.0 Å². The third-order valence-corrected chi connectivity index (χ3v) is 16.3. The summed E-state index contributed by atoms with van der Waals surface area (Å²) in [5, 5.41) is 8.71. The Morgan fingerprint density at radius 1 is 0.930 bits per heavy atom. The third kappa shape index (κ3) is 6.87. The first-order valence-corrected chi connectivity index (χ1v) is 22.0. The number of amides is 5. The van der Waals surface area contributed by atoms with Gasteiger partial charge >= 0.3 is 10.2 Å². The second-order valence-corrected chi connectivity index (χ2v) is 19.7. The normalized spacial score (nSPS) is 29.8. The molecular weight excluding hydrogens is 749 g/mol. The summed E-state index contributed by atoms with van der Waals surface area (Å²) in [5.74, 6) is -3.66. The van der Waals surface area contributed by atoms with Gasteiger partial charge in [0.25, 0.3) is 11.8 Å². The fourth-order valence-corrected chi connectivity index (χ4v) is 12.3. The first-order valence-electron chi connectivity index (χ1n) is 20.6. The highest BCUT2D eigenvalue weighted by Crippen LogP contribution is 2.88. The monoisotopic (exact) mass is 806 g/mol. The number of aromatic nitrogens is 2. The van der Waals surface area contributed by atoms with Crippen LogP contribution in [0.3, 0.4) is 0 Å². The van der Waals surface area contributed by atoms with Gasteiger partial charge in [-0.2, -0.15) is 12.7 Å². The second kappa shape index (κ2) is 14.9. The Hall–Kier alpha value is -4.18. The van der Waals surface area contributed by atoms with E-state index in [1.54, 1.807) is 13.8 Å². The van der Waals surface area contributed by atoms with Gasteiger partial charge < -0.3 is 20.9 Å². The average molecular weight is 807 g/mol. The molecule has 0 aromatic carbocycles. The third-order valence-electron chi connectivity index (χ3n) is 14.8. The van der Waals surface area contributed by atoms with Gasteiger partial charge in [0.15, 0.2) is 0 Å². The van der Waals surface area contributed by atoms with E-state index in [0.29, 0.717) is 43.6 Å². The lowest BCUT2D eigenvalue weighted by molar-refractivity contribution is -0.142. The number of rotatable bonds is 13. The molecule has 0 radical (unpaired) electrons. The summed E-state index contributed by atoms with van der Waals surface area (Å²) in [7, 11) is -4.12. The molecule has 4 N–H and O–H groups in total. The molecule has 1 aromatic rings. The molecule has 6 aliphatic rings. The zero-order chi connectivity index (χ0) is 41.1. The number of hydrogen-bond acceptors (Lipinski definition) is 9. The van der Waals surface area contributed by atoms with E-state index in [9.17, 15) is 32.4 Å². The minimum Gasteiger partial charge on any atom is -0.339 e. The summed E-state index contributed by atoms with van der Waals surface area (Å²) in [5.41, 5.74) is -1.06. The molecule has 1 aromatic heterocycles. The molecule has 57 heavy (non-hydrogen) atoms. The number of fused-ring (bicyclic) bond motifs is 1. The molecule has 4 saturated carbocycles. The summed E-state index contributed by atoms with van der Waals surface area (Å²) < 4.78 is 29.7. The van der Waals surface area contributed by atoms with Gasteiger partial charge in [0.1, 0.15) is 29.4 Å². The molecule has 3 heterocycles. The number of likely N-dealkylation sites (tertiary alicyclic amines) is 1. The highest BCUT2D eigenvalue weighted by Gasteiger charge is 2.85. The molecule has 6 fully saturated rings. The summed E-state index contributed by atoms with van der Waals surface area (Å²) in [6, 6.07) is -3.18. The van der Waals surface area contributed by atoms with Gasteiger partial charge in [-0.1, -0.05) is 52.2 Å². The maximum atomic E-state index is 14.9. The first kappa shape index (κ1) is 41.0. The molecule has 2 spiro atoms. The van der Waals surface area contributed by atoms with Crippen molar-refractivity contribution in [3.63, 3.8) is 0 Å². The second-order valence-electron chi connectivity index (χ2n) is 18.1. The van der Waals surface area contributed by atoms with Gasteiger partial charge in [0.2, 0.25) is 17.7 Å². The maximum Gasteiger partial charge on any atom is 0.303 e. The van der Waals surface area contributed by atoms with Crippen LogP contribution in [0.25, 0.3) is 0 Å².